The Morgan fingerprint density at radius 2 is 2.13 bits per heavy atom. The molecule has 0 aliphatic rings. The summed E-state index contributed by atoms with van der Waals surface area (Å²) in [5.74, 6) is -0.317. The summed E-state index contributed by atoms with van der Waals surface area (Å²) < 4.78 is 17.9. The second-order valence-corrected chi connectivity index (χ2v) is 3.53. The number of hydrogen-bond donors (Lipinski definition) is 1. The fourth-order valence-electron chi connectivity index (χ4n) is 1.41. The first kappa shape index (κ1) is 10.2. The molecular formula is C11H9ClFNO. The first-order chi connectivity index (χ1) is 7.18. The van der Waals surface area contributed by atoms with Crippen molar-refractivity contribution in [3.05, 3.63) is 58.8 Å². The maximum absolute atomic E-state index is 13.0. The standard InChI is InChI=1S/C11H9ClFNO/c12-11-9(4-5-15-11)10(14)7-2-1-3-8(13)6-7/h1-6,10H,14H2. The fourth-order valence-corrected chi connectivity index (χ4v) is 1.64. The van der Waals surface area contributed by atoms with Crippen molar-refractivity contribution in [3.63, 3.8) is 0 Å². The van der Waals surface area contributed by atoms with E-state index in [-0.39, 0.29) is 11.0 Å². The summed E-state index contributed by atoms with van der Waals surface area (Å²) in [4.78, 5) is 0. The van der Waals surface area contributed by atoms with Crippen molar-refractivity contribution in [2.24, 2.45) is 5.73 Å². The lowest BCUT2D eigenvalue weighted by Gasteiger charge is -2.10. The SMILES string of the molecule is NC(c1cccc(F)c1)c1ccoc1Cl. The van der Waals surface area contributed by atoms with Gasteiger partial charge in [-0.05, 0) is 35.4 Å². The molecule has 0 aliphatic heterocycles. The number of nitrogens with two attached hydrogens (primary N) is 1. The number of furan rings is 1. The van der Waals surface area contributed by atoms with E-state index in [0.29, 0.717) is 11.1 Å². The first-order valence-corrected chi connectivity index (χ1v) is 4.80. The van der Waals surface area contributed by atoms with Crippen molar-refractivity contribution in [1.82, 2.24) is 0 Å². The number of hydrogen-bond acceptors (Lipinski definition) is 2. The van der Waals surface area contributed by atoms with Gasteiger partial charge in [-0.3, -0.25) is 0 Å². The summed E-state index contributed by atoms with van der Waals surface area (Å²) in [5.41, 5.74) is 7.24. The van der Waals surface area contributed by atoms with E-state index in [4.69, 9.17) is 21.8 Å². The third-order valence-electron chi connectivity index (χ3n) is 2.19. The van der Waals surface area contributed by atoms with Gasteiger partial charge in [0.2, 0.25) is 0 Å². The molecule has 0 spiro atoms. The topological polar surface area (TPSA) is 39.2 Å². The third-order valence-corrected chi connectivity index (χ3v) is 2.50. The summed E-state index contributed by atoms with van der Waals surface area (Å²) in [7, 11) is 0. The Kier molecular flexibility index (Phi) is 2.75. The zero-order chi connectivity index (χ0) is 10.8. The number of halogens is 2. The van der Waals surface area contributed by atoms with Gasteiger partial charge in [0.05, 0.1) is 12.3 Å². The van der Waals surface area contributed by atoms with Gasteiger partial charge in [-0.15, -0.1) is 0 Å². The average Bonchev–Trinajstić information content (AvgIpc) is 2.63. The van der Waals surface area contributed by atoms with Gasteiger partial charge in [-0.1, -0.05) is 12.1 Å². The lowest BCUT2D eigenvalue weighted by atomic mass is 10.0. The molecule has 1 aromatic carbocycles. The lowest BCUT2D eigenvalue weighted by Crippen LogP contribution is -2.11. The Morgan fingerprint density at radius 1 is 1.33 bits per heavy atom. The van der Waals surface area contributed by atoms with E-state index in [1.165, 1.54) is 18.4 Å². The highest BCUT2D eigenvalue weighted by Crippen LogP contribution is 2.27. The van der Waals surface area contributed by atoms with Crippen LogP contribution in [-0.2, 0) is 0 Å². The van der Waals surface area contributed by atoms with Crippen molar-refractivity contribution < 1.29 is 8.81 Å². The van der Waals surface area contributed by atoms with Crippen molar-refractivity contribution in [2.45, 2.75) is 6.04 Å². The molecule has 0 saturated heterocycles. The second kappa shape index (κ2) is 4.04. The van der Waals surface area contributed by atoms with Gasteiger partial charge in [-0.2, -0.15) is 0 Å². The molecule has 2 N–H and O–H groups in total. The van der Waals surface area contributed by atoms with Crippen molar-refractivity contribution in [2.75, 3.05) is 0 Å². The highest BCUT2D eigenvalue weighted by atomic mass is 35.5. The van der Waals surface area contributed by atoms with Crippen LogP contribution < -0.4 is 5.73 Å². The van der Waals surface area contributed by atoms with E-state index in [1.807, 2.05) is 0 Å². The van der Waals surface area contributed by atoms with E-state index in [9.17, 15) is 4.39 Å². The van der Waals surface area contributed by atoms with Crippen molar-refractivity contribution in [3.8, 4) is 0 Å². The smallest absolute Gasteiger partial charge is 0.198 e. The van der Waals surface area contributed by atoms with E-state index in [1.54, 1.807) is 18.2 Å². The Hall–Kier alpha value is -1.32. The molecule has 0 radical (unpaired) electrons. The molecule has 1 unspecified atom stereocenters. The molecule has 0 fully saturated rings. The molecule has 2 nitrogen and oxygen atoms in total. The van der Waals surface area contributed by atoms with Crippen LogP contribution in [0.1, 0.15) is 17.2 Å². The van der Waals surface area contributed by atoms with E-state index >= 15 is 0 Å². The summed E-state index contributed by atoms with van der Waals surface area (Å²) in [6.07, 6.45) is 1.46. The molecule has 4 heteroatoms. The zero-order valence-corrected chi connectivity index (χ0v) is 8.54. The molecule has 0 bridgehead atoms. The van der Waals surface area contributed by atoms with Crippen molar-refractivity contribution >= 4 is 11.6 Å². The molecule has 1 heterocycles. The van der Waals surface area contributed by atoms with Crippen LogP contribution in [0.2, 0.25) is 5.22 Å². The average molecular weight is 226 g/mol. The van der Waals surface area contributed by atoms with E-state index < -0.39 is 6.04 Å². The summed E-state index contributed by atoms with van der Waals surface area (Å²) in [6.45, 7) is 0. The highest BCUT2D eigenvalue weighted by molar-refractivity contribution is 6.29. The molecule has 78 valence electrons. The molecule has 15 heavy (non-hydrogen) atoms. The molecular weight excluding hydrogens is 217 g/mol. The minimum absolute atomic E-state index is 0.242. The van der Waals surface area contributed by atoms with Crippen LogP contribution in [0.3, 0.4) is 0 Å². The molecule has 2 rings (SSSR count). The second-order valence-electron chi connectivity index (χ2n) is 3.18. The summed E-state index contributed by atoms with van der Waals surface area (Å²) in [5, 5.41) is 0.242. The van der Waals surface area contributed by atoms with E-state index in [2.05, 4.69) is 0 Å². The Labute approximate surface area is 91.5 Å². The maximum atomic E-state index is 13.0. The molecule has 0 amide bonds. The van der Waals surface area contributed by atoms with Gasteiger partial charge >= 0.3 is 0 Å². The van der Waals surface area contributed by atoms with Crippen LogP contribution >= 0.6 is 11.6 Å². The highest BCUT2D eigenvalue weighted by Gasteiger charge is 2.14. The number of benzene rings is 1. The summed E-state index contributed by atoms with van der Waals surface area (Å²) >= 11 is 5.78. The monoisotopic (exact) mass is 225 g/mol. The van der Waals surface area contributed by atoms with Crippen LogP contribution in [0.25, 0.3) is 0 Å². The minimum atomic E-state index is -0.466. The van der Waals surface area contributed by atoms with Crippen LogP contribution in [0, 0.1) is 5.82 Å². The van der Waals surface area contributed by atoms with Crippen LogP contribution in [0.5, 0.6) is 0 Å². The largest absolute Gasteiger partial charge is 0.453 e. The van der Waals surface area contributed by atoms with Gasteiger partial charge in [0, 0.05) is 5.56 Å². The molecule has 0 aliphatic carbocycles. The van der Waals surface area contributed by atoms with Crippen LogP contribution in [-0.4, -0.2) is 0 Å². The first-order valence-electron chi connectivity index (χ1n) is 4.42. The number of rotatable bonds is 2. The quantitative estimate of drug-likeness (QED) is 0.853. The van der Waals surface area contributed by atoms with Crippen LogP contribution in [0.15, 0.2) is 41.0 Å². The maximum Gasteiger partial charge on any atom is 0.198 e. The van der Waals surface area contributed by atoms with Gasteiger partial charge in [0.25, 0.3) is 0 Å². The predicted molar refractivity (Wildman–Crippen MR) is 56.1 cm³/mol. The molecule has 1 aromatic heterocycles. The fraction of sp³-hybridized carbons (Fsp3) is 0.0909. The van der Waals surface area contributed by atoms with Gasteiger partial charge in [-0.25, -0.2) is 4.39 Å². The Balaban J connectivity index is 2.36. The van der Waals surface area contributed by atoms with E-state index in [0.717, 1.165) is 0 Å². The lowest BCUT2D eigenvalue weighted by molar-refractivity contribution is 0.564. The van der Waals surface area contributed by atoms with Crippen LogP contribution in [0.4, 0.5) is 4.39 Å². The van der Waals surface area contributed by atoms with Gasteiger partial charge < -0.3 is 10.2 Å². The van der Waals surface area contributed by atoms with Gasteiger partial charge in [0.1, 0.15) is 5.82 Å². The molecule has 1 atom stereocenters. The Bertz CT molecular complexity index is 469. The molecule has 2 aromatic rings. The van der Waals surface area contributed by atoms with Crippen molar-refractivity contribution in [1.29, 1.82) is 0 Å². The zero-order valence-electron chi connectivity index (χ0n) is 7.78. The third kappa shape index (κ3) is 2.03. The normalized spacial score (nSPS) is 12.7. The predicted octanol–water partition coefficient (Wildman–Crippen LogP) is 3.12. The van der Waals surface area contributed by atoms with Gasteiger partial charge in [0.15, 0.2) is 5.22 Å². The summed E-state index contributed by atoms with van der Waals surface area (Å²) in [6, 6.07) is 7.32. The molecule has 0 saturated carbocycles. The minimum Gasteiger partial charge on any atom is -0.453 e. The Morgan fingerprint density at radius 3 is 2.73 bits per heavy atom.